The SMILES string of the molecule is C=C(OCOC(=O)CCCC(=O)O)n1cc(CCN(C)C)c2cc(OC)ccc21. The van der Waals surface area contributed by atoms with Crippen LogP contribution < -0.4 is 4.74 Å². The van der Waals surface area contributed by atoms with Crippen LogP contribution in [0.1, 0.15) is 24.8 Å². The van der Waals surface area contributed by atoms with Crippen LogP contribution in [0.2, 0.25) is 0 Å². The van der Waals surface area contributed by atoms with Crippen LogP contribution in [-0.2, 0) is 25.5 Å². The van der Waals surface area contributed by atoms with Crippen molar-refractivity contribution < 1.29 is 28.9 Å². The minimum absolute atomic E-state index is 0.0308. The number of nitrogens with zero attached hydrogens (tertiary/aromatic N) is 2. The van der Waals surface area contributed by atoms with Crippen LogP contribution in [0.25, 0.3) is 16.8 Å². The third-order valence-corrected chi connectivity index (χ3v) is 4.41. The number of esters is 1. The molecule has 1 aromatic heterocycles. The molecule has 0 aliphatic carbocycles. The van der Waals surface area contributed by atoms with E-state index in [0.29, 0.717) is 5.88 Å². The molecule has 2 aromatic rings. The van der Waals surface area contributed by atoms with Gasteiger partial charge in [-0.15, -0.1) is 0 Å². The Labute approximate surface area is 170 Å². The van der Waals surface area contributed by atoms with Crippen LogP contribution in [0.5, 0.6) is 5.75 Å². The van der Waals surface area contributed by atoms with Crippen molar-refractivity contribution in [1.29, 1.82) is 0 Å². The average molecular weight is 404 g/mol. The molecule has 8 nitrogen and oxygen atoms in total. The van der Waals surface area contributed by atoms with E-state index in [4.69, 9.17) is 19.3 Å². The van der Waals surface area contributed by atoms with Gasteiger partial charge >= 0.3 is 11.9 Å². The molecule has 0 unspecified atom stereocenters. The summed E-state index contributed by atoms with van der Waals surface area (Å²) < 4.78 is 17.7. The van der Waals surface area contributed by atoms with Crippen molar-refractivity contribution >= 4 is 28.7 Å². The minimum Gasteiger partial charge on any atom is -0.497 e. The van der Waals surface area contributed by atoms with Crippen molar-refractivity contribution in [2.75, 3.05) is 34.5 Å². The molecule has 8 heteroatoms. The van der Waals surface area contributed by atoms with Gasteiger partial charge in [0.2, 0.25) is 6.79 Å². The summed E-state index contributed by atoms with van der Waals surface area (Å²) in [7, 11) is 5.67. The lowest BCUT2D eigenvalue weighted by molar-refractivity contribution is -0.152. The Hall–Kier alpha value is -3.00. The Morgan fingerprint density at radius 3 is 2.62 bits per heavy atom. The summed E-state index contributed by atoms with van der Waals surface area (Å²) >= 11 is 0. The number of carbonyl (C=O) groups is 2. The molecule has 0 aliphatic heterocycles. The topological polar surface area (TPSA) is 90.2 Å². The summed E-state index contributed by atoms with van der Waals surface area (Å²) in [6.07, 6.45) is 2.99. The zero-order chi connectivity index (χ0) is 21.4. The lowest BCUT2D eigenvalue weighted by Gasteiger charge is -2.12. The molecule has 158 valence electrons. The van der Waals surface area contributed by atoms with E-state index in [1.165, 1.54) is 0 Å². The smallest absolute Gasteiger partial charge is 0.308 e. The molecule has 1 N–H and O–H groups in total. The minimum atomic E-state index is -0.941. The van der Waals surface area contributed by atoms with Gasteiger partial charge in [-0.05, 0) is 57.3 Å². The molecule has 0 saturated carbocycles. The van der Waals surface area contributed by atoms with Gasteiger partial charge in [-0.2, -0.15) is 0 Å². The van der Waals surface area contributed by atoms with Gasteiger partial charge in [0, 0.05) is 31.0 Å². The van der Waals surface area contributed by atoms with Crippen molar-refractivity contribution in [3.8, 4) is 5.75 Å². The zero-order valence-electron chi connectivity index (χ0n) is 17.1. The predicted molar refractivity (Wildman–Crippen MR) is 110 cm³/mol. The summed E-state index contributed by atoms with van der Waals surface area (Å²) in [5.74, 6) is -0.353. The summed E-state index contributed by atoms with van der Waals surface area (Å²) in [5.41, 5.74) is 2.04. The lowest BCUT2D eigenvalue weighted by Crippen LogP contribution is -2.14. The largest absolute Gasteiger partial charge is 0.497 e. The van der Waals surface area contributed by atoms with Crippen molar-refractivity contribution in [2.24, 2.45) is 0 Å². The van der Waals surface area contributed by atoms with Gasteiger partial charge < -0.3 is 24.2 Å². The standard InChI is InChI=1S/C21H28N2O6/c1-15(28-14-29-21(26)7-5-6-20(24)25)23-13-16(10-11-22(2)3)18-12-17(27-4)8-9-19(18)23/h8-9,12-13H,1,5-7,10-11,14H2,2-4H3,(H,24,25). The molecule has 1 aromatic carbocycles. The van der Waals surface area contributed by atoms with E-state index in [1.54, 1.807) is 7.11 Å². The van der Waals surface area contributed by atoms with Gasteiger partial charge in [0.15, 0.2) is 5.88 Å². The number of aliphatic carboxylic acids is 1. The Bertz CT molecular complexity index is 871. The van der Waals surface area contributed by atoms with Crippen LogP contribution in [0.15, 0.2) is 31.0 Å². The molecule has 0 radical (unpaired) electrons. The highest BCUT2D eigenvalue weighted by Gasteiger charge is 2.13. The molecule has 0 atom stereocenters. The van der Waals surface area contributed by atoms with E-state index in [0.717, 1.165) is 35.2 Å². The number of carboxylic acid groups (broad SMARTS) is 1. The third-order valence-electron chi connectivity index (χ3n) is 4.41. The van der Waals surface area contributed by atoms with Crippen LogP contribution in [0.4, 0.5) is 0 Å². The monoisotopic (exact) mass is 404 g/mol. The maximum absolute atomic E-state index is 11.6. The molecule has 0 saturated heterocycles. The molecule has 0 amide bonds. The van der Waals surface area contributed by atoms with Gasteiger partial charge in [-0.3, -0.25) is 14.2 Å². The number of ether oxygens (including phenoxy) is 3. The highest BCUT2D eigenvalue weighted by Crippen LogP contribution is 2.28. The number of rotatable bonds is 12. The third kappa shape index (κ3) is 6.53. The Morgan fingerprint density at radius 2 is 1.97 bits per heavy atom. The quantitative estimate of drug-likeness (QED) is 0.330. The molecule has 0 fully saturated rings. The van der Waals surface area contributed by atoms with Gasteiger partial charge in [0.1, 0.15) is 5.75 Å². The number of methoxy groups -OCH3 is 1. The number of likely N-dealkylation sites (N-methyl/N-ethyl adjacent to an activating group) is 1. The molecule has 29 heavy (non-hydrogen) atoms. The van der Waals surface area contributed by atoms with Gasteiger partial charge in [-0.1, -0.05) is 0 Å². The summed E-state index contributed by atoms with van der Waals surface area (Å²) in [6, 6.07) is 5.77. The maximum atomic E-state index is 11.6. The summed E-state index contributed by atoms with van der Waals surface area (Å²) in [5, 5.41) is 9.63. The fourth-order valence-corrected chi connectivity index (χ4v) is 2.84. The summed E-state index contributed by atoms with van der Waals surface area (Å²) in [6.45, 7) is 4.54. The van der Waals surface area contributed by atoms with E-state index in [2.05, 4.69) is 11.5 Å². The fraction of sp³-hybridized carbons (Fsp3) is 0.429. The van der Waals surface area contributed by atoms with Crippen molar-refractivity contribution in [1.82, 2.24) is 9.47 Å². The second kappa shape index (κ2) is 10.5. The number of aromatic nitrogens is 1. The molecular formula is C21H28N2O6. The average Bonchev–Trinajstić information content (AvgIpc) is 3.03. The Kier molecular flexibility index (Phi) is 8.09. The number of benzene rings is 1. The molecule has 0 spiro atoms. The second-order valence-electron chi connectivity index (χ2n) is 6.88. The number of carbonyl (C=O) groups excluding carboxylic acids is 1. The second-order valence-corrected chi connectivity index (χ2v) is 6.88. The van der Waals surface area contributed by atoms with E-state index >= 15 is 0 Å². The van der Waals surface area contributed by atoms with E-state index in [-0.39, 0.29) is 26.1 Å². The first-order valence-electron chi connectivity index (χ1n) is 9.34. The maximum Gasteiger partial charge on any atom is 0.308 e. The Morgan fingerprint density at radius 1 is 1.21 bits per heavy atom. The van der Waals surface area contributed by atoms with Gasteiger partial charge in [-0.25, -0.2) is 0 Å². The predicted octanol–water partition coefficient (Wildman–Crippen LogP) is 2.95. The molecule has 1 heterocycles. The van der Waals surface area contributed by atoms with Crippen LogP contribution in [-0.4, -0.2) is 61.1 Å². The van der Waals surface area contributed by atoms with E-state index in [1.807, 2.05) is 43.1 Å². The molecular weight excluding hydrogens is 376 g/mol. The van der Waals surface area contributed by atoms with Crippen molar-refractivity contribution in [3.63, 3.8) is 0 Å². The number of fused-ring (bicyclic) bond motifs is 1. The molecule has 0 aliphatic rings. The first-order valence-corrected chi connectivity index (χ1v) is 9.34. The Balaban J connectivity index is 2.04. The highest BCUT2D eigenvalue weighted by molar-refractivity contribution is 5.87. The van der Waals surface area contributed by atoms with Crippen molar-refractivity contribution in [2.45, 2.75) is 25.7 Å². The first kappa shape index (κ1) is 22.3. The number of hydrogen-bond donors (Lipinski definition) is 1. The van der Waals surface area contributed by atoms with Crippen LogP contribution >= 0.6 is 0 Å². The van der Waals surface area contributed by atoms with Crippen LogP contribution in [0.3, 0.4) is 0 Å². The van der Waals surface area contributed by atoms with Crippen LogP contribution in [0, 0.1) is 0 Å². The van der Waals surface area contributed by atoms with E-state index < -0.39 is 11.9 Å². The zero-order valence-corrected chi connectivity index (χ0v) is 17.1. The van der Waals surface area contributed by atoms with Gasteiger partial charge in [0.25, 0.3) is 0 Å². The molecule has 0 bridgehead atoms. The van der Waals surface area contributed by atoms with Gasteiger partial charge in [0.05, 0.1) is 12.6 Å². The number of carboxylic acids is 1. The molecule has 2 rings (SSSR count). The van der Waals surface area contributed by atoms with E-state index in [9.17, 15) is 9.59 Å². The normalized spacial score (nSPS) is 10.9. The summed E-state index contributed by atoms with van der Waals surface area (Å²) in [4.78, 5) is 24.2. The number of hydrogen-bond acceptors (Lipinski definition) is 6. The van der Waals surface area contributed by atoms with Crippen molar-refractivity contribution in [3.05, 3.63) is 36.5 Å². The lowest BCUT2D eigenvalue weighted by atomic mass is 10.1. The fourth-order valence-electron chi connectivity index (χ4n) is 2.84. The first-order chi connectivity index (χ1) is 13.8. The highest BCUT2D eigenvalue weighted by atomic mass is 16.7.